The van der Waals surface area contributed by atoms with Gasteiger partial charge in [0.15, 0.2) is 0 Å². The van der Waals surface area contributed by atoms with Gasteiger partial charge in [-0.2, -0.15) is 11.8 Å². The minimum absolute atomic E-state index is 0.336. The van der Waals surface area contributed by atoms with Crippen LogP contribution in [0.2, 0.25) is 0 Å². The van der Waals surface area contributed by atoms with Crippen LogP contribution >= 0.6 is 11.8 Å². The van der Waals surface area contributed by atoms with E-state index >= 15 is 0 Å². The molecule has 15 heavy (non-hydrogen) atoms. The lowest BCUT2D eigenvalue weighted by Gasteiger charge is -2.21. The van der Waals surface area contributed by atoms with E-state index in [0.29, 0.717) is 6.61 Å². The third-order valence-electron chi connectivity index (χ3n) is 3.03. The molecule has 1 aliphatic rings. The second-order valence-corrected chi connectivity index (χ2v) is 5.62. The highest BCUT2D eigenvalue weighted by Crippen LogP contribution is 2.22. The van der Waals surface area contributed by atoms with Crippen molar-refractivity contribution < 1.29 is 5.11 Å². The molecule has 0 aromatic rings. The Labute approximate surface area is 98.2 Å². The predicted molar refractivity (Wildman–Crippen MR) is 68.5 cm³/mol. The number of rotatable bonds is 8. The van der Waals surface area contributed by atoms with Crippen LogP contribution in [0.3, 0.4) is 0 Å². The lowest BCUT2D eigenvalue weighted by atomic mass is 9.89. The molecule has 1 saturated carbocycles. The van der Waals surface area contributed by atoms with Crippen LogP contribution < -0.4 is 5.32 Å². The summed E-state index contributed by atoms with van der Waals surface area (Å²) in [6.07, 6.45) is 8.14. The zero-order chi connectivity index (χ0) is 10.8. The van der Waals surface area contributed by atoms with Crippen LogP contribution in [0.5, 0.6) is 0 Å². The number of thioether (sulfide) groups is 1. The first kappa shape index (κ1) is 13.3. The third kappa shape index (κ3) is 7.20. The maximum Gasteiger partial charge on any atom is 0.0438 e. The van der Waals surface area contributed by atoms with Gasteiger partial charge in [-0.25, -0.2) is 0 Å². The summed E-state index contributed by atoms with van der Waals surface area (Å²) in [6, 6.07) is 0. The van der Waals surface area contributed by atoms with Crippen molar-refractivity contribution in [1.82, 2.24) is 5.32 Å². The molecule has 0 bridgehead atoms. The average Bonchev–Trinajstić information content (AvgIpc) is 2.29. The van der Waals surface area contributed by atoms with E-state index in [9.17, 15) is 0 Å². The van der Waals surface area contributed by atoms with E-state index in [-0.39, 0.29) is 0 Å². The van der Waals surface area contributed by atoms with Gasteiger partial charge >= 0.3 is 0 Å². The van der Waals surface area contributed by atoms with Gasteiger partial charge in [-0.15, -0.1) is 0 Å². The highest BCUT2D eigenvalue weighted by molar-refractivity contribution is 7.99. The normalized spacial score (nSPS) is 18.2. The minimum Gasteiger partial charge on any atom is -0.396 e. The van der Waals surface area contributed by atoms with Crippen molar-refractivity contribution >= 4 is 11.8 Å². The summed E-state index contributed by atoms with van der Waals surface area (Å²) < 4.78 is 0. The molecule has 3 heteroatoms. The SMILES string of the molecule is OCCCSCCNCC1CCCCC1. The van der Waals surface area contributed by atoms with Crippen molar-refractivity contribution in [3.8, 4) is 0 Å². The molecule has 0 aliphatic heterocycles. The van der Waals surface area contributed by atoms with Crippen molar-refractivity contribution in [2.45, 2.75) is 38.5 Å². The highest BCUT2D eigenvalue weighted by Gasteiger charge is 2.11. The monoisotopic (exact) mass is 231 g/mol. The molecule has 0 aromatic carbocycles. The van der Waals surface area contributed by atoms with Crippen molar-refractivity contribution in [3.63, 3.8) is 0 Å². The van der Waals surface area contributed by atoms with Crippen molar-refractivity contribution in [3.05, 3.63) is 0 Å². The number of aliphatic hydroxyl groups is 1. The second-order valence-electron chi connectivity index (χ2n) is 4.40. The van der Waals surface area contributed by atoms with E-state index in [1.54, 1.807) is 0 Å². The van der Waals surface area contributed by atoms with Gasteiger partial charge in [0, 0.05) is 18.9 Å². The Balaban J connectivity index is 1.79. The van der Waals surface area contributed by atoms with E-state index in [1.807, 2.05) is 11.8 Å². The minimum atomic E-state index is 0.336. The highest BCUT2D eigenvalue weighted by atomic mass is 32.2. The first-order chi connectivity index (χ1) is 7.43. The molecular weight excluding hydrogens is 206 g/mol. The lowest BCUT2D eigenvalue weighted by Crippen LogP contribution is -2.26. The topological polar surface area (TPSA) is 32.3 Å². The van der Waals surface area contributed by atoms with Gasteiger partial charge in [-0.3, -0.25) is 0 Å². The summed E-state index contributed by atoms with van der Waals surface area (Å²) in [7, 11) is 0. The standard InChI is InChI=1S/C12H25NOS/c14-8-4-9-15-10-7-13-11-12-5-2-1-3-6-12/h12-14H,1-11H2. The molecule has 2 nitrogen and oxygen atoms in total. The van der Waals surface area contributed by atoms with Crippen LogP contribution in [0, 0.1) is 5.92 Å². The van der Waals surface area contributed by atoms with Crippen molar-refractivity contribution in [2.75, 3.05) is 31.2 Å². The Bertz CT molecular complexity index is 138. The van der Waals surface area contributed by atoms with Crippen LogP contribution in [0.1, 0.15) is 38.5 Å². The Kier molecular flexibility index (Phi) is 8.44. The molecule has 0 radical (unpaired) electrons. The van der Waals surface area contributed by atoms with E-state index in [2.05, 4.69) is 5.32 Å². The van der Waals surface area contributed by atoms with Crippen LogP contribution in [-0.4, -0.2) is 36.3 Å². The van der Waals surface area contributed by atoms with E-state index in [0.717, 1.165) is 24.6 Å². The molecule has 0 unspecified atom stereocenters. The Hall–Kier alpha value is 0.270. The number of hydrogen-bond acceptors (Lipinski definition) is 3. The van der Waals surface area contributed by atoms with Gasteiger partial charge in [-0.05, 0) is 37.5 Å². The fraction of sp³-hybridized carbons (Fsp3) is 1.00. The predicted octanol–water partition coefficient (Wildman–Crippen LogP) is 2.27. The Morgan fingerprint density at radius 1 is 1.13 bits per heavy atom. The quantitative estimate of drug-likeness (QED) is 0.629. The fourth-order valence-electron chi connectivity index (χ4n) is 2.11. The number of nitrogens with one attached hydrogen (secondary N) is 1. The maximum atomic E-state index is 8.61. The van der Waals surface area contributed by atoms with Gasteiger partial charge < -0.3 is 10.4 Å². The third-order valence-corrected chi connectivity index (χ3v) is 4.10. The molecule has 1 aliphatic carbocycles. The van der Waals surface area contributed by atoms with Gasteiger partial charge in [0.25, 0.3) is 0 Å². The molecule has 0 atom stereocenters. The summed E-state index contributed by atoms with van der Waals surface area (Å²) in [5, 5.41) is 12.2. The fourth-order valence-corrected chi connectivity index (χ4v) is 2.94. The van der Waals surface area contributed by atoms with Crippen LogP contribution in [0.15, 0.2) is 0 Å². The summed E-state index contributed by atoms with van der Waals surface area (Å²) in [5.41, 5.74) is 0. The molecule has 1 fully saturated rings. The summed E-state index contributed by atoms with van der Waals surface area (Å²) in [5.74, 6) is 3.23. The van der Waals surface area contributed by atoms with Crippen LogP contribution in [0.4, 0.5) is 0 Å². The van der Waals surface area contributed by atoms with Crippen LogP contribution in [-0.2, 0) is 0 Å². The maximum absolute atomic E-state index is 8.61. The van der Waals surface area contributed by atoms with E-state index < -0.39 is 0 Å². The first-order valence-electron chi connectivity index (χ1n) is 6.33. The van der Waals surface area contributed by atoms with Crippen LogP contribution in [0.25, 0.3) is 0 Å². The van der Waals surface area contributed by atoms with E-state index in [4.69, 9.17) is 5.11 Å². The molecule has 0 heterocycles. The molecule has 0 saturated heterocycles. The molecule has 0 spiro atoms. The molecule has 90 valence electrons. The Morgan fingerprint density at radius 2 is 1.93 bits per heavy atom. The smallest absolute Gasteiger partial charge is 0.0438 e. The molecule has 1 rings (SSSR count). The largest absolute Gasteiger partial charge is 0.396 e. The van der Waals surface area contributed by atoms with Gasteiger partial charge in [-0.1, -0.05) is 19.3 Å². The molecule has 0 aromatic heterocycles. The van der Waals surface area contributed by atoms with E-state index in [1.165, 1.54) is 44.4 Å². The summed E-state index contributed by atoms with van der Waals surface area (Å²) in [4.78, 5) is 0. The first-order valence-corrected chi connectivity index (χ1v) is 7.48. The molecule has 2 N–H and O–H groups in total. The van der Waals surface area contributed by atoms with Crippen molar-refractivity contribution in [2.24, 2.45) is 5.92 Å². The Morgan fingerprint density at radius 3 is 2.67 bits per heavy atom. The molecular formula is C12H25NOS. The van der Waals surface area contributed by atoms with Gasteiger partial charge in [0.05, 0.1) is 0 Å². The zero-order valence-corrected chi connectivity index (χ0v) is 10.5. The number of hydrogen-bond donors (Lipinski definition) is 2. The lowest BCUT2D eigenvalue weighted by molar-refractivity contribution is 0.296. The number of aliphatic hydroxyl groups excluding tert-OH is 1. The summed E-state index contributed by atoms with van der Waals surface area (Å²) >= 11 is 1.94. The summed E-state index contributed by atoms with van der Waals surface area (Å²) in [6.45, 7) is 2.69. The van der Waals surface area contributed by atoms with Gasteiger partial charge in [0.2, 0.25) is 0 Å². The molecule has 0 amide bonds. The van der Waals surface area contributed by atoms with Gasteiger partial charge in [0.1, 0.15) is 0 Å². The average molecular weight is 231 g/mol. The second kappa shape index (κ2) is 9.49. The zero-order valence-electron chi connectivity index (χ0n) is 9.71. The van der Waals surface area contributed by atoms with Crippen molar-refractivity contribution in [1.29, 1.82) is 0 Å².